The number of furan rings is 1. The number of hydrogen-bond acceptors (Lipinski definition) is 3. The molecule has 5 nitrogen and oxygen atoms in total. The van der Waals surface area contributed by atoms with Gasteiger partial charge in [-0.05, 0) is 43.2 Å². The number of carbonyl (C=O) groups is 1. The number of aromatic amines is 1. The summed E-state index contributed by atoms with van der Waals surface area (Å²) in [5.41, 5.74) is 2.49. The van der Waals surface area contributed by atoms with Crippen LogP contribution in [0.4, 0.5) is 4.39 Å². The largest absolute Gasteiger partial charge is 0.431 e. The van der Waals surface area contributed by atoms with Crippen LogP contribution in [0.3, 0.4) is 0 Å². The molecule has 1 amide bonds. The predicted octanol–water partition coefficient (Wildman–Crippen LogP) is 5.88. The summed E-state index contributed by atoms with van der Waals surface area (Å²) in [6, 6.07) is 8.46. The van der Waals surface area contributed by atoms with Crippen LogP contribution in [0.2, 0.25) is 0 Å². The second kappa shape index (κ2) is 8.13. The quantitative estimate of drug-likeness (QED) is 0.570. The van der Waals surface area contributed by atoms with Crippen LogP contribution in [-0.4, -0.2) is 33.6 Å². The summed E-state index contributed by atoms with van der Waals surface area (Å²) in [5, 5.41) is 8.49. The van der Waals surface area contributed by atoms with Crippen molar-refractivity contribution in [2.45, 2.75) is 64.3 Å². The topological polar surface area (TPSA) is 62.1 Å². The fraction of sp³-hybridized carbons (Fsp3) is 0.520. The van der Waals surface area contributed by atoms with Crippen molar-refractivity contribution >= 4 is 16.8 Å². The Balaban J connectivity index is 1.40. The number of amides is 1. The average molecular weight is 424 g/mol. The third kappa shape index (κ3) is 3.66. The number of aromatic nitrogens is 2. The molecular formula is C25H30FN3O2. The molecule has 2 aromatic heterocycles. The summed E-state index contributed by atoms with van der Waals surface area (Å²) < 4.78 is 18.7. The number of H-pyrrole nitrogens is 1. The maximum Gasteiger partial charge on any atom is 0.278 e. The van der Waals surface area contributed by atoms with Crippen LogP contribution in [0.1, 0.15) is 64.0 Å². The predicted molar refractivity (Wildman–Crippen MR) is 118 cm³/mol. The molecule has 4 unspecified atom stereocenters. The number of nitrogens with zero attached hydrogens (tertiary/aromatic N) is 2. The van der Waals surface area contributed by atoms with E-state index < -0.39 is 6.01 Å². The van der Waals surface area contributed by atoms with Crippen LogP contribution < -0.4 is 0 Å². The standard InChI is InChI=1S/C25H30FN3O2/c1-15-6-3-10-20-17(15)8-5-13-29(20)23(30)14-16(2)25-24-18(21-11-12-22(26)31-21)7-4-9-19(24)27-28-25/h4,7,9,11-12,15-17,20H,3,5-6,8,10,13-14H2,1-2H3,(H,27,28). The highest BCUT2D eigenvalue weighted by atomic mass is 19.1. The minimum Gasteiger partial charge on any atom is -0.431 e. The van der Waals surface area contributed by atoms with E-state index >= 15 is 0 Å². The Labute approximate surface area is 182 Å². The molecule has 3 heterocycles. The zero-order chi connectivity index (χ0) is 21.5. The van der Waals surface area contributed by atoms with Crippen molar-refractivity contribution in [1.29, 1.82) is 0 Å². The van der Waals surface area contributed by atoms with Crippen molar-refractivity contribution in [3.05, 3.63) is 42.0 Å². The van der Waals surface area contributed by atoms with Gasteiger partial charge in [-0.2, -0.15) is 9.49 Å². The molecule has 1 saturated carbocycles. The number of benzene rings is 1. The lowest BCUT2D eigenvalue weighted by molar-refractivity contribution is -0.138. The van der Waals surface area contributed by atoms with E-state index in [0.29, 0.717) is 30.1 Å². The fourth-order valence-electron chi connectivity index (χ4n) is 5.89. The Hall–Kier alpha value is -2.63. The molecule has 3 aromatic rings. The van der Waals surface area contributed by atoms with E-state index in [9.17, 15) is 9.18 Å². The Morgan fingerprint density at radius 3 is 2.94 bits per heavy atom. The van der Waals surface area contributed by atoms with Gasteiger partial charge in [0, 0.05) is 47.6 Å². The summed E-state index contributed by atoms with van der Waals surface area (Å²) in [4.78, 5) is 15.6. The van der Waals surface area contributed by atoms with Gasteiger partial charge in [-0.15, -0.1) is 0 Å². The second-order valence-corrected chi connectivity index (χ2v) is 9.41. The lowest BCUT2D eigenvalue weighted by Gasteiger charge is -2.47. The van der Waals surface area contributed by atoms with Crippen molar-refractivity contribution in [3.63, 3.8) is 0 Å². The average Bonchev–Trinajstić information content (AvgIpc) is 3.40. The van der Waals surface area contributed by atoms with Crippen molar-refractivity contribution in [2.75, 3.05) is 6.54 Å². The Kier molecular flexibility index (Phi) is 5.32. The summed E-state index contributed by atoms with van der Waals surface area (Å²) >= 11 is 0. The molecule has 1 saturated heterocycles. The molecule has 1 aliphatic heterocycles. The minimum absolute atomic E-state index is 0.0279. The number of piperidine rings is 1. The first-order chi connectivity index (χ1) is 15.0. The van der Waals surface area contributed by atoms with Crippen LogP contribution in [0.25, 0.3) is 22.2 Å². The smallest absolute Gasteiger partial charge is 0.278 e. The number of rotatable bonds is 4. The summed E-state index contributed by atoms with van der Waals surface area (Å²) in [5.74, 6) is 2.04. The van der Waals surface area contributed by atoms with E-state index in [2.05, 4.69) is 28.9 Å². The normalized spacial score (nSPS) is 24.9. The van der Waals surface area contributed by atoms with Crippen molar-refractivity contribution in [3.8, 4) is 11.3 Å². The lowest BCUT2D eigenvalue weighted by Crippen LogP contribution is -2.51. The lowest BCUT2D eigenvalue weighted by atomic mass is 9.72. The molecule has 1 aromatic carbocycles. The van der Waals surface area contributed by atoms with Gasteiger partial charge in [0.25, 0.3) is 6.01 Å². The molecular weight excluding hydrogens is 393 g/mol. The highest BCUT2D eigenvalue weighted by molar-refractivity contribution is 5.96. The van der Waals surface area contributed by atoms with Crippen LogP contribution in [-0.2, 0) is 4.79 Å². The van der Waals surface area contributed by atoms with Crippen LogP contribution in [0.5, 0.6) is 0 Å². The van der Waals surface area contributed by atoms with Gasteiger partial charge < -0.3 is 9.32 Å². The molecule has 2 aliphatic rings. The molecule has 4 atom stereocenters. The molecule has 2 fully saturated rings. The van der Waals surface area contributed by atoms with E-state index in [1.54, 1.807) is 6.07 Å². The third-order valence-corrected chi connectivity index (χ3v) is 7.46. The molecule has 0 radical (unpaired) electrons. The number of likely N-dealkylation sites (tertiary alicyclic amines) is 1. The molecule has 5 rings (SSSR count). The Bertz CT molecular complexity index is 1090. The van der Waals surface area contributed by atoms with Gasteiger partial charge in [0.15, 0.2) is 0 Å². The molecule has 6 heteroatoms. The first kappa shape index (κ1) is 20.3. The number of hydrogen-bond donors (Lipinski definition) is 1. The van der Waals surface area contributed by atoms with E-state index in [4.69, 9.17) is 4.42 Å². The molecule has 0 spiro atoms. The van der Waals surface area contributed by atoms with E-state index in [-0.39, 0.29) is 11.8 Å². The highest BCUT2D eigenvalue weighted by Gasteiger charge is 2.39. The van der Waals surface area contributed by atoms with Crippen LogP contribution in [0.15, 0.2) is 34.7 Å². The minimum atomic E-state index is -0.610. The van der Waals surface area contributed by atoms with Crippen molar-refractivity contribution in [1.82, 2.24) is 15.1 Å². The molecule has 1 N–H and O–H groups in total. The monoisotopic (exact) mass is 423 g/mol. The van der Waals surface area contributed by atoms with Gasteiger partial charge in [0.1, 0.15) is 5.76 Å². The summed E-state index contributed by atoms with van der Waals surface area (Å²) in [6.07, 6.45) is 6.43. The van der Waals surface area contributed by atoms with Crippen molar-refractivity contribution in [2.24, 2.45) is 11.8 Å². The number of carbonyl (C=O) groups excluding carboxylic acids is 1. The molecule has 1 aliphatic carbocycles. The Morgan fingerprint density at radius 1 is 1.26 bits per heavy atom. The second-order valence-electron chi connectivity index (χ2n) is 9.41. The number of halogens is 1. The first-order valence-corrected chi connectivity index (χ1v) is 11.5. The van der Waals surface area contributed by atoms with Gasteiger partial charge in [-0.1, -0.05) is 38.8 Å². The van der Waals surface area contributed by atoms with Gasteiger partial charge in [-0.25, -0.2) is 0 Å². The third-order valence-electron chi connectivity index (χ3n) is 7.46. The zero-order valence-electron chi connectivity index (χ0n) is 18.2. The zero-order valence-corrected chi connectivity index (χ0v) is 18.2. The van der Waals surface area contributed by atoms with Crippen LogP contribution in [0, 0.1) is 17.8 Å². The molecule has 0 bridgehead atoms. The maximum atomic E-state index is 13.5. The van der Waals surface area contributed by atoms with E-state index in [1.165, 1.54) is 25.3 Å². The SMILES string of the molecule is CC(CC(=O)N1CCCC2C(C)CCCC21)c1[nH]nc2cccc(-c3ccc(F)o3)c12. The highest BCUT2D eigenvalue weighted by Crippen LogP contribution is 2.40. The van der Waals surface area contributed by atoms with Crippen molar-refractivity contribution < 1.29 is 13.6 Å². The number of fused-ring (bicyclic) bond motifs is 2. The molecule has 31 heavy (non-hydrogen) atoms. The first-order valence-electron chi connectivity index (χ1n) is 11.5. The Morgan fingerprint density at radius 2 is 2.13 bits per heavy atom. The molecule has 164 valence electrons. The van der Waals surface area contributed by atoms with E-state index in [0.717, 1.165) is 41.5 Å². The summed E-state index contributed by atoms with van der Waals surface area (Å²) in [6.45, 7) is 5.29. The summed E-state index contributed by atoms with van der Waals surface area (Å²) in [7, 11) is 0. The maximum absolute atomic E-state index is 13.5. The van der Waals surface area contributed by atoms with Crippen LogP contribution >= 0.6 is 0 Å². The fourth-order valence-corrected chi connectivity index (χ4v) is 5.89. The van der Waals surface area contributed by atoms with Gasteiger partial charge >= 0.3 is 0 Å². The van der Waals surface area contributed by atoms with Gasteiger partial charge in [0.2, 0.25) is 5.91 Å². The van der Waals surface area contributed by atoms with Gasteiger partial charge in [0.05, 0.1) is 5.52 Å². The number of nitrogens with one attached hydrogen (secondary N) is 1. The van der Waals surface area contributed by atoms with Gasteiger partial charge in [-0.3, -0.25) is 9.89 Å². The van der Waals surface area contributed by atoms with E-state index in [1.807, 2.05) is 18.2 Å².